The minimum atomic E-state index is -0.227. The van der Waals surface area contributed by atoms with Gasteiger partial charge in [-0.2, -0.15) is 0 Å². The van der Waals surface area contributed by atoms with Crippen LogP contribution in [0.2, 0.25) is 0 Å². The third kappa shape index (κ3) is 1.27. The fourth-order valence-corrected chi connectivity index (χ4v) is 2.76. The Morgan fingerprint density at radius 1 is 1.20 bits per heavy atom. The Morgan fingerprint density at radius 2 is 1.73 bits per heavy atom. The monoisotopic (exact) mass is 210 g/mol. The molecule has 15 heavy (non-hydrogen) atoms. The van der Waals surface area contributed by atoms with Gasteiger partial charge in [-0.1, -0.05) is 27.7 Å². The van der Waals surface area contributed by atoms with Crippen LogP contribution < -0.4 is 5.32 Å². The molecule has 1 heterocycles. The number of nitrogens with zero attached hydrogens (tertiary/aromatic N) is 1. The van der Waals surface area contributed by atoms with Gasteiger partial charge in [0, 0.05) is 19.0 Å². The molecule has 4 nitrogen and oxygen atoms in total. The summed E-state index contributed by atoms with van der Waals surface area (Å²) in [6, 6.07) is 0.0213. The van der Waals surface area contributed by atoms with Gasteiger partial charge in [-0.15, -0.1) is 0 Å². The van der Waals surface area contributed by atoms with E-state index in [9.17, 15) is 9.59 Å². The topological polar surface area (TPSA) is 49.4 Å². The lowest BCUT2D eigenvalue weighted by Crippen LogP contribution is -2.51. The summed E-state index contributed by atoms with van der Waals surface area (Å²) in [5.74, 6) is -0.160. The smallest absolute Gasteiger partial charge is 0.320 e. The molecule has 1 N–H and O–H groups in total. The van der Waals surface area contributed by atoms with E-state index in [0.29, 0.717) is 13.0 Å². The van der Waals surface area contributed by atoms with Crippen molar-refractivity contribution in [2.24, 2.45) is 10.8 Å². The number of carbonyl (C=O) groups is 2. The van der Waals surface area contributed by atoms with E-state index in [1.165, 1.54) is 0 Å². The third-order valence-electron chi connectivity index (χ3n) is 4.34. The van der Waals surface area contributed by atoms with Gasteiger partial charge in [0.05, 0.1) is 0 Å². The van der Waals surface area contributed by atoms with Gasteiger partial charge in [0.15, 0.2) is 0 Å². The molecule has 1 aliphatic carbocycles. The van der Waals surface area contributed by atoms with Crippen LogP contribution in [0, 0.1) is 10.8 Å². The van der Waals surface area contributed by atoms with Crippen molar-refractivity contribution in [1.82, 2.24) is 10.2 Å². The quantitative estimate of drug-likeness (QED) is 0.710. The molecule has 3 amide bonds. The molecule has 2 aliphatic rings. The fourth-order valence-electron chi connectivity index (χ4n) is 2.76. The molecule has 0 bridgehead atoms. The van der Waals surface area contributed by atoms with Crippen molar-refractivity contribution in [2.75, 3.05) is 6.54 Å². The molecule has 0 aromatic carbocycles. The second kappa shape index (κ2) is 2.74. The fraction of sp³-hybridized carbons (Fsp3) is 0.818. The van der Waals surface area contributed by atoms with Crippen LogP contribution in [-0.2, 0) is 4.79 Å². The number of carbonyl (C=O) groups excluding carboxylic acids is 2. The highest BCUT2D eigenvalue weighted by Gasteiger charge is 2.68. The summed E-state index contributed by atoms with van der Waals surface area (Å²) >= 11 is 0. The normalized spacial score (nSPS) is 28.9. The summed E-state index contributed by atoms with van der Waals surface area (Å²) < 4.78 is 0. The van der Waals surface area contributed by atoms with Crippen LogP contribution in [0.15, 0.2) is 0 Å². The minimum absolute atomic E-state index is 0.144. The van der Waals surface area contributed by atoms with Crippen molar-refractivity contribution in [2.45, 2.75) is 40.2 Å². The van der Waals surface area contributed by atoms with E-state index in [-0.39, 0.29) is 28.8 Å². The first-order valence-corrected chi connectivity index (χ1v) is 5.39. The summed E-state index contributed by atoms with van der Waals surface area (Å²) in [4.78, 5) is 24.5. The summed E-state index contributed by atoms with van der Waals surface area (Å²) in [5.41, 5.74) is 0.287. The predicted octanol–water partition coefficient (Wildman–Crippen LogP) is 1.36. The molecule has 2 rings (SSSR count). The third-order valence-corrected chi connectivity index (χ3v) is 4.34. The number of amides is 3. The molecule has 84 valence electrons. The summed E-state index contributed by atoms with van der Waals surface area (Å²) in [5, 5.41) is 2.37. The average molecular weight is 210 g/mol. The highest BCUT2D eigenvalue weighted by Crippen LogP contribution is 2.65. The number of urea groups is 1. The number of imide groups is 1. The van der Waals surface area contributed by atoms with E-state index < -0.39 is 0 Å². The van der Waals surface area contributed by atoms with Gasteiger partial charge in [-0.3, -0.25) is 10.1 Å². The van der Waals surface area contributed by atoms with Gasteiger partial charge < -0.3 is 4.90 Å². The molecule has 2 fully saturated rings. The highest BCUT2D eigenvalue weighted by atomic mass is 16.2. The first kappa shape index (κ1) is 10.5. The van der Waals surface area contributed by atoms with Crippen LogP contribution in [0.25, 0.3) is 0 Å². The minimum Gasteiger partial charge on any atom is -0.320 e. The Morgan fingerprint density at radius 3 is 2.13 bits per heavy atom. The Balaban J connectivity index is 2.14. The van der Waals surface area contributed by atoms with Gasteiger partial charge in [0.25, 0.3) is 0 Å². The second-order valence-corrected chi connectivity index (χ2v) is 5.64. The van der Waals surface area contributed by atoms with E-state index in [1.54, 1.807) is 4.90 Å². The molecule has 0 atom stereocenters. The van der Waals surface area contributed by atoms with Crippen molar-refractivity contribution in [3.63, 3.8) is 0 Å². The molecule has 0 aromatic rings. The molecular formula is C11H18N2O2. The van der Waals surface area contributed by atoms with Crippen LogP contribution in [0.1, 0.15) is 34.1 Å². The first-order valence-electron chi connectivity index (χ1n) is 5.39. The van der Waals surface area contributed by atoms with Gasteiger partial charge in [-0.05, 0) is 10.8 Å². The van der Waals surface area contributed by atoms with Crippen LogP contribution in [0.3, 0.4) is 0 Å². The number of rotatable bonds is 1. The zero-order valence-corrected chi connectivity index (χ0v) is 9.76. The lowest BCUT2D eigenvalue weighted by atomic mass is 10.0. The van der Waals surface area contributed by atoms with E-state index in [2.05, 4.69) is 33.0 Å². The van der Waals surface area contributed by atoms with Crippen LogP contribution in [0.5, 0.6) is 0 Å². The van der Waals surface area contributed by atoms with Crippen molar-refractivity contribution in [3.05, 3.63) is 0 Å². The largest absolute Gasteiger partial charge is 0.324 e. The molecule has 0 radical (unpaired) electrons. The zero-order valence-electron chi connectivity index (χ0n) is 9.76. The van der Waals surface area contributed by atoms with Crippen molar-refractivity contribution >= 4 is 11.9 Å². The SMILES string of the molecule is CC1(C)C(N2CCC(=O)NC2=O)C1(C)C. The molecule has 0 unspecified atom stereocenters. The van der Waals surface area contributed by atoms with Gasteiger partial charge in [-0.25, -0.2) is 4.79 Å². The van der Waals surface area contributed by atoms with E-state index in [4.69, 9.17) is 0 Å². The zero-order chi connectivity index (χ0) is 11.4. The lowest BCUT2D eigenvalue weighted by molar-refractivity contribution is -0.121. The number of nitrogens with one attached hydrogen (secondary N) is 1. The van der Waals surface area contributed by atoms with Crippen LogP contribution in [0.4, 0.5) is 4.79 Å². The maximum atomic E-state index is 11.7. The summed E-state index contributed by atoms with van der Waals surface area (Å²) in [6.45, 7) is 9.23. The lowest BCUT2D eigenvalue weighted by Gasteiger charge is -2.28. The molecule has 1 aliphatic heterocycles. The standard InChI is InChI=1S/C11H18N2O2/c1-10(2)8(11(10,3)4)13-6-5-7(14)12-9(13)15/h8H,5-6H2,1-4H3,(H,12,14,15). The van der Waals surface area contributed by atoms with Crippen LogP contribution >= 0.6 is 0 Å². The Hall–Kier alpha value is -1.06. The van der Waals surface area contributed by atoms with Crippen molar-refractivity contribution in [3.8, 4) is 0 Å². The number of hydrogen-bond donors (Lipinski definition) is 1. The molecule has 1 saturated heterocycles. The number of hydrogen-bond acceptors (Lipinski definition) is 2. The molecule has 0 aromatic heterocycles. The van der Waals surface area contributed by atoms with E-state index in [0.717, 1.165) is 0 Å². The molecule has 0 spiro atoms. The first-order chi connectivity index (χ1) is 6.78. The molecule has 1 saturated carbocycles. The molecular weight excluding hydrogens is 192 g/mol. The average Bonchev–Trinajstić information content (AvgIpc) is 2.46. The van der Waals surface area contributed by atoms with Crippen molar-refractivity contribution < 1.29 is 9.59 Å². The van der Waals surface area contributed by atoms with Gasteiger partial charge in [0.1, 0.15) is 0 Å². The Bertz CT molecular complexity index is 319. The Kier molecular flexibility index (Phi) is 1.91. The summed E-state index contributed by atoms with van der Waals surface area (Å²) in [7, 11) is 0. The summed E-state index contributed by atoms with van der Waals surface area (Å²) in [6.07, 6.45) is 0.425. The van der Waals surface area contributed by atoms with Crippen molar-refractivity contribution in [1.29, 1.82) is 0 Å². The maximum Gasteiger partial charge on any atom is 0.324 e. The van der Waals surface area contributed by atoms with Crippen LogP contribution in [-0.4, -0.2) is 29.4 Å². The van der Waals surface area contributed by atoms with Gasteiger partial charge >= 0.3 is 6.03 Å². The Labute approximate surface area is 90.0 Å². The molecule has 4 heteroatoms. The van der Waals surface area contributed by atoms with E-state index in [1.807, 2.05) is 0 Å². The maximum absolute atomic E-state index is 11.7. The highest BCUT2D eigenvalue weighted by molar-refractivity contribution is 5.97. The van der Waals surface area contributed by atoms with Gasteiger partial charge in [0.2, 0.25) is 5.91 Å². The second-order valence-electron chi connectivity index (χ2n) is 5.64. The van der Waals surface area contributed by atoms with E-state index >= 15 is 0 Å². The predicted molar refractivity (Wildman–Crippen MR) is 56.2 cm³/mol.